The number of primary amides is 1. The van der Waals surface area contributed by atoms with E-state index in [4.69, 9.17) is 5.73 Å². The number of carbonyl (C=O) groups excluding carboxylic acids is 1. The van der Waals surface area contributed by atoms with E-state index >= 15 is 0 Å². The quantitative estimate of drug-likeness (QED) is 0.564. The van der Waals surface area contributed by atoms with E-state index < -0.39 is 17.6 Å². The van der Waals surface area contributed by atoms with Crippen molar-refractivity contribution in [1.82, 2.24) is 10.6 Å². The molecule has 0 aliphatic heterocycles. The van der Waals surface area contributed by atoms with Crippen molar-refractivity contribution in [2.45, 2.75) is 19.3 Å². The van der Waals surface area contributed by atoms with Crippen LogP contribution in [0.4, 0.5) is 13.2 Å². The van der Waals surface area contributed by atoms with Crippen LogP contribution in [0.5, 0.6) is 0 Å². The normalized spacial score (nSPS) is 11.9. The zero-order chi connectivity index (χ0) is 19.2. The molecule has 26 heavy (non-hydrogen) atoms. The first-order valence-electron chi connectivity index (χ1n) is 7.79. The summed E-state index contributed by atoms with van der Waals surface area (Å²) in [6, 6.07) is 11.9. The van der Waals surface area contributed by atoms with Crippen molar-refractivity contribution in [2.75, 3.05) is 7.05 Å². The molecule has 0 radical (unpaired) electrons. The maximum atomic E-state index is 12.7. The van der Waals surface area contributed by atoms with Crippen molar-refractivity contribution in [3.63, 3.8) is 0 Å². The van der Waals surface area contributed by atoms with Crippen LogP contribution in [0.2, 0.25) is 0 Å². The van der Waals surface area contributed by atoms with Crippen LogP contribution in [0.3, 0.4) is 0 Å². The van der Waals surface area contributed by atoms with Gasteiger partial charge in [-0.2, -0.15) is 13.2 Å². The van der Waals surface area contributed by atoms with Gasteiger partial charge in [-0.15, -0.1) is 0 Å². The van der Waals surface area contributed by atoms with Gasteiger partial charge in [0.25, 0.3) is 0 Å². The molecule has 5 nitrogen and oxygen atoms in total. The topological polar surface area (TPSA) is 79.5 Å². The summed E-state index contributed by atoms with van der Waals surface area (Å²) in [7, 11) is 1.57. The third kappa shape index (κ3) is 5.51. The van der Waals surface area contributed by atoms with Crippen LogP contribution >= 0.6 is 0 Å². The molecule has 0 bridgehead atoms. The first-order valence-corrected chi connectivity index (χ1v) is 7.79. The first kappa shape index (κ1) is 19.3. The third-order valence-electron chi connectivity index (χ3n) is 3.64. The maximum absolute atomic E-state index is 12.7. The molecule has 2 aromatic rings. The number of nitrogens with two attached hydrogens (primary N) is 1. The Morgan fingerprint density at radius 1 is 1.04 bits per heavy atom. The minimum atomic E-state index is -4.37. The molecule has 138 valence electrons. The Labute approximate surface area is 149 Å². The summed E-state index contributed by atoms with van der Waals surface area (Å²) >= 11 is 0. The molecule has 0 heterocycles. The van der Waals surface area contributed by atoms with E-state index in [1.807, 2.05) is 0 Å². The van der Waals surface area contributed by atoms with Crippen LogP contribution in [0.15, 0.2) is 53.5 Å². The Kier molecular flexibility index (Phi) is 6.21. The van der Waals surface area contributed by atoms with E-state index in [0.717, 1.165) is 17.7 Å². The lowest BCUT2D eigenvalue weighted by Crippen LogP contribution is -2.36. The summed E-state index contributed by atoms with van der Waals surface area (Å²) in [5.74, 6) is -0.0514. The molecule has 0 saturated heterocycles. The van der Waals surface area contributed by atoms with E-state index in [0.29, 0.717) is 23.6 Å². The van der Waals surface area contributed by atoms with Crippen molar-refractivity contribution in [2.24, 2.45) is 10.7 Å². The highest BCUT2D eigenvalue weighted by atomic mass is 19.4. The van der Waals surface area contributed by atoms with Crippen molar-refractivity contribution in [3.8, 4) is 0 Å². The Morgan fingerprint density at radius 3 is 2.19 bits per heavy atom. The van der Waals surface area contributed by atoms with Crippen LogP contribution in [0, 0.1) is 0 Å². The number of nitrogens with zero attached hydrogens (tertiary/aromatic N) is 1. The number of aliphatic imine (C=N–C) groups is 1. The van der Waals surface area contributed by atoms with Gasteiger partial charge in [0.2, 0.25) is 5.91 Å². The molecule has 2 rings (SSSR count). The van der Waals surface area contributed by atoms with Gasteiger partial charge in [-0.1, -0.05) is 24.3 Å². The summed E-state index contributed by atoms with van der Waals surface area (Å²) in [5.41, 5.74) is 6.31. The fraction of sp³-hybridized carbons (Fsp3) is 0.222. The SMILES string of the molecule is CN=C(NCc1ccc(C(N)=O)cc1)NCc1cccc(C(F)(F)F)c1. The lowest BCUT2D eigenvalue weighted by Gasteiger charge is -2.13. The van der Waals surface area contributed by atoms with Crippen molar-refractivity contribution < 1.29 is 18.0 Å². The summed E-state index contributed by atoms with van der Waals surface area (Å²) in [4.78, 5) is 15.1. The second-order valence-electron chi connectivity index (χ2n) is 5.54. The fourth-order valence-electron chi connectivity index (χ4n) is 2.24. The lowest BCUT2D eigenvalue weighted by atomic mass is 10.1. The van der Waals surface area contributed by atoms with E-state index in [9.17, 15) is 18.0 Å². The number of guanidine groups is 1. The number of amides is 1. The average Bonchev–Trinajstić information content (AvgIpc) is 2.61. The van der Waals surface area contributed by atoms with Gasteiger partial charge >= 0.3 is 6.18 Å². The molecule has 0 atom stereocenters. The highest BCUT2D eigenvalue weighted by molar-refractivity contribution is 5.92. The molecule has 4 N–H and O–H groups in total. The van der Waals surface area contributed by atoms with Gasteiger partial charge in [0.15, 0.2) is 5.96 Å². The van der Waals surface area contributed by atoms with Gasteiger partial charge in [0, 0.05) is 25.7 Å². The second-order valence-corrected chi connectivity index (χ2v) is 5.54. The van der Waals surface area contributed by atoms with Gasteiger partial charge in [0.1, 0.15) is 0 Å². The molecule has 0 unspecified atom stereocenters. The summed E-state index contributed by atoms with van der Waals surface area (Å²) in [6.45, 7) is 0.630. The van der Waals surface area contributed by atoms with E-state index in [2.05, 4.69) is 15.6 Å². The Balaban J connectivity index is 1.91. The minimum absolute atomic E-state index is 0.199. The molecule has 0 aliphatic carbocycles. The molecule has 0 aliphatic rings. The molecule has 0 saturated carbocycles. The predicted molar refractivity (Wildman–Crippen MR) is 93.4 cm³/mol. The summed E-state index contributed by atoms with van der Waals surface area (Å²) in [6.07, 6.45) is -4.37. The van der Waals surface area contributed by atoms with Crippen molar-refractivity contribution >= 4 is 11.9 Å². The lowest BCUT2D eigenvalue weighted by molar-refractivity contribution is -0.137. The third-order valence-corrected chi connectivity index (χ3v) is 3.64. The number of rotatable bonds is 5. The monoisotopic (exact) mass is 364 g/mol. The number of halogens is 3. The van der Waals surface area contributed by atoms with Crippen LogP contribution in [-0.2, 0) is 19.3 Å². The second kappa shape index (κ2) is 8.37. The summed E-state index contributed by atoms with van der Waals surface area (Å²) < 4.78 is 38.2. The standard InChI is InChI=1S/C18H19F3N4O/c1-23-17(24-10-12-5-7-14(8-6-12)16(22)26)25-11-13-3-2-4-15(9-13)18(19,20)21/h2-9H,10-11H2,1H3,(H2,22,26)(H2,23,24,25). The minimum Gasteiger partial charge on any atom is -0.366 e. The van der Waals surface area contributed by atoms with Crippen LogP contribution in [-0.4, -0.2) is 18.9 Å². The van der Waals surface area contributed by atoms with Crippen molar-refractivity contribution in [1.29, 1.82) is 0 Å². The van der Waals surface area contributed by atoms with E-state index in [1.54, 1.807) is 37.4 Å². The maximum Gasteiger partial charge on any atom is 0.416 e. The zero-order valence-corrected chi connectivity index (χ0v) is 14.1. The number of hydrogen-bond donors (Lipinski definition) is 3. The molecule has 8 heteroatoms. The number of alkyl halides is 3. The largest absolute Gasteiger partial charge is 0.416 e. The number of nitrogens with one attached hydrogen (secondary N) is 2. The smallest absolute Gasteiger partial charge is 0.366 e. The Bertz CT molecular complexity index is 786. The highest BCUT2D eigenvalue weighted by Crippen LogP contribution is 2.29. The number of benzene rings is 2. The number of carbonyl (C=O) groups is 1. The zero-order valence-electron chi connectivity index (χ0n) is 14.1. The molecule has 2 aromatic carbocycles. The highest BCUT2D eigenvalue weighted by Gasteiger charge is 2.30. The first-order chi connectivity index (χ1) is 12.3. The van der Waals surface area contributed by atoms with Gasteiger partial charge in [-0.25, -0.2) is 0 Å². The van der Waals surface area contributed by atoms with Crippen LogP contribution < -0.4 is 16.4 Å². The molecular weight excluding hydrogens is 345 g/mol. The van der Waals surface area contributed by atoms with Crippen LogP contribution in [0.25, 0.3) is 0 Å². The molecule has 0 fully saturated rings. The fourth-order valence-corrected chi connectivity index (χ4v) is 2.24. The Hall–Kier alpha value is -3.03. The average molecular weight is 364 g/mol. The number of hydrogen-bond acceptors (Lipinski definition) is 2. The van der Waals surface area contributed by atoms with Gasteiger partial charge in [-0.05, 0) is 35.4 Å². The summed E-state index contributed by atoms with van der Waals surface area (Å²) in [5, 5.41) is 6.01. The van der Waals surface area contributed by atoms with E-state index in [1.165, 1.54) is 6.07 Å². The molecule has 0 aromatic heterocycles. The van der Waals surface area contributed by atoms with Gasteiger partial charge in [-0.3, -0.25) is 9.79 Å². The predicted octanol–water partition coefficient (Wildman–Crippen LogP) is 2.67. The van der Waals surface area contributed by atoms with Gasteiger partial charge < -0.3 is 16.4 Å². The van der Waals surface area contributed by atoms with Gasteiger partial charge in [0.05, 0.1) is 5.56 Å². The van der Waals surface area contributed by atoms with Crippen molar-refractivity contribution in [3.05, 3.63) is 70.8 Å². The molecular formula is C18H19F3N4O. The molecule has 0 spiro atoms. The molecule has 1 amide bonds. The Morgan fingerprint density at radius 2 is 1.65 bits per heavy atom. The van der Waals surface area contributed by atoms with Crippen LogP contribution in [0.1, 0.15) is 27.0 Å². The van der Waals surface area contributed by atoms with E-state index in [-0.39, 0.29) is 6.54 Å².